The molecule has 0 unspecified atom stereocenters. The van der Waals surface area contributed by atoms with Crippen molar-refractivity contribution in [3.05, 3.63) is 72.3 Å². The summed E-state index contributed by atoms with van der Waals surface area (Å²) in [4.78, 5) is 24.0. The third-order valence-electron chi connectivity index (χ3n) is 4.16. The van der Waals surface area contributed by atoms with Crippen LogP contribution in [0.15, 0.2) is 66.7 Å². The number of nitrogens with one attached hydrogen (secondary N) is 2. The zero-order chi connectivity index (χ0) is 18.4. The first-order valence-corrected chi connectivity index (χ1v) is 8.82. The largest absolute Gasteiger partial charge is 0.326 e. The van der Waals surface area contributed by atoms with E-state index in [2.05, 4.69) is 10.6 Å². The van der Waals surface area contributed by atoms with Crippen LogP contribution in [0.2, 0.25) is 0 Å². The molecule has 0 saturated carbocycles. The highest BCUT2D eigenvalue weighted by atomic mass is 16.2. The van der Waals surface area contributed by atoms with E-state index in [4.69, 9.17) is 0 Å². The van der Waals surface area contributed by atoms with Crippen LogP contribution in [0.5, 0.6) is 0 Å². The van der Waals surface area contributed by atoms with Gasteiger partial charge in [-0.05, 0) is 47.0 Å². The highest BCUT2D eigenvalue weighted by Gasteiger charge is 2.08. The molecule has 0 aliphatic heterocycles. The van der Waals surface area contributed by atoms with Gasteiger partial charge in [-0.15, -0.1) is 0 Å². The van der Waals surface area contributed by atoms with E-state index in [1.165, 1.54) is 0 Å². The lowest BCUT2D eigenvalue weighted by Gasteiger charge is -2.09. The Kier molecular flexibility index (Phi) is 5.64. The molecule has 3 rings (SSSR count). The van der Waals surface area contributed by atoms with Crippen LogP contribution in [-0.2, 0) is 16.0 Å². The first kappa shape index (κ1) is 17.7. The number of fused-ring (bicyclic) bond motifs is 1. The van der Waals surface area contributed by atoms with Crippen LogP contribution in [-0.4, -0.2) is 11.8 Å². The molecule has 26 heavy (non-hydrogen) atoms. The quantitative estimate of drug-likeness (QED) is 0.676. The van der Waals surface area contributed by atoms with Crippen LogP contribution in [0, 0.1) is 0 Å². The maximum absolute atomic E-state index is 12.4. The molecule has 2 N–H and O–H groups in total. The van der Waals surface area contributed by atoms with E-state index in [1.807, 2.05) is 49.4 Å². The van der Waals surface area contributed by atoms with Gasteiger partial charge in [0.2, 0.25) is 11.8 Å². The van der Waals surface area contributed by atoms with Crippen molar-refractivity contribution in [1.82, 2.24) is 0 Å². The van der Waals surface area contributed by atoms with Gasteiger partial charge in [-0.1, -0.05) is 49.4 Å². The molecule has 4 heteroatoms. The summed E-state index contributed by atoms with van der Waals surface area (Å²) in [6.07, 6.45) is 1.63. The van der Waals surface area contributed by atoms with Gasteiger partial charge in [0.15, 0.2) is 0 Å². The lowest BCUT2D eigenvalue weighted by atomic mass is 10.0. The average Bonchev–Trinajstić information content (AvgIpc) is 2.64. The molecule has 4 nitrogen and oxygen atoms in total. The van der Waals surface area contributed by atoms with E-state index >= 15 is 0 Å². The van der Waals surface area contributed by atoms with Gasteiger partial charge in [-0.25, -0.2) is 0 Å². The van der Waals surface area contributed by atoms with E-state index in [-0.39, 0.29) is 11.8 Å². The summed E-state index contributed by atoms with van der Waals surface area (Å²) in [6, 6.07) is 21.2. The smallest absolute Gasteiger partial charge is 0.228 e. The Hall–Kier alpha value is -3.14. The topological polar surface area (TPSA) is 58.2 Å². The summed E-state index contributed by atoms with van der Waals surface area (Å²) in [5.41, 5.74) is 2.45. The minimum absolute atomic E-state index is 0.000223. The summed E-state index contributed by atoms with van der Waals surface area (Å²) in [7, 11) is 0. The van der Waals surface area contributed by atoms with E-state index in [9.17, 15) is 9.59 Å². The van der Waals surface area contributed by atoms with Crippen molar-refractivity contribution in [3.63, 3.8) is 0 Å². The maximum Gasteiger partial charge on any atom is 0.228 e. The van der Waals surface area contributed by atoms with Gasteiger partial charge in [-0.3, -0.25) is 9.59 Å². The van der Waals surface area contributed by atoms with Gasteiger partial charge in [-0.2, -0.15) is 0 Å². The third kappa shape index (κ3) is 4.48. The zero-order valence-electron chi connectivity index (χ0n) is 14.8. The Morgan fingerprint density at radius 3 is 2.08 bits per heavy atom. The summed E-state index contributed by atoms with van der Waals surface area (Å²) in [5, 5.41) is 7.97. The molecular formula is C22H22N2O2. The number of anilines is 2. The molecule has 0 aromatic heterocycles. The van der Waals surface area contributed by atoms with Crippen molar-refractivity contribution in [2.75, 3.05) is 10.6 Å². The normalized spacial score (nSPS) is 10.5. The lowest BCUT2D eigenvalue weighted by Crippen LogP contribution is -2.15. The van der Waals surface area contributed by atoms with Gasteiger partial charge in [0, 0.05) is 17.8 Å². The van der Waals surface area contributed by atoms with Crippen LogP contribution < -0.4 is 10.6 Å². The van der Waals surface area contributed by atoms with Crippen molar-refractivity contribution >= 4 is 34.0 Å². The van der Waals surface area contributed by atoms with E-state index in [1.54, 1.807) is 24.3 Å². The molecule has 0 aliphatic rings. The Morgan fingerprint density at radius 1 is 0.769 bits per heavy atom. The molecule has 3 aromatic rings. The molecule has 0 heterocycles. The first-order chi connectivity index (χ1) is 12.7. The number of rotatable bonds is 6. The number of hydrogen-bond donors (Lipinski definition) is 2. The minimum Gasteiger partial charge on any atom is -0.326 e. The fourth-order valence-corrected chi connectivity index (χ4v) is 2.91. The number of carbonyl (C=O) groups is 2. The summed E-state index contributed by atoms with van der Waals surface area (Å²) >= 11 is 0. The molecule has 132 valence electrons. The van der Waals surface area contributed by atoms with Crippen LogP contribution in [0.3, 0.4) is 0 Å². The van der Waals surface area contributed by atoms with Gasteiger partial charge in [0.1, 0.15) is 0 Å². The Labute approximate surface area is 153 Å². The summed E-state index contributed by atoms with van der Waals surface area (Å²) in [5.74, 6) is -0.0654. The average molecular weight is 346 g/mol. The second-order valence-corrected chi connectivity index (χ2v) is 6.24. The molecule has 0 radical (unpaired) electrons. The molecule has 2 amide bonds. The zero-order valence-corrected chi connectivity index (χ0v) is 14.8. The van der Waals surface area contributed by atoms with Gasteiger partial charge >= 0.3 is 0 Å². The van der Waals surface area contributed by atoms with Crippen LogP contribution in [0.25, 0.3) is 10.8 Å². The first-order valence-electron chi connectivity index (χ1n) is 8.82. The predicted molar refractivity (Wildman–Crippen MR) is 106 cm³/mol. The molecule has 0 fully saturated rings. The molecule has 0 atom stereocenters. The maximum atomic E-state index is 12.4. The third-order valence-corrected chi connectivity index (χ3v) is 4.16. The van der Waals surface area contributed by atoms with Crippen LogP contribution in [0.4, 0.5) is 11.4 Å². The number of amides is 2. The highest BCUT2D eigenvalue weighted by Crippen LogP contribution is 2.20. The van der Waals surface area contributed by atoms with Crippen molar-refractivity contribution in [3.8, 4) is 0 Å². The fraction of sp³-hybridized carbons (Fsp3) is 0.182. The van der Waals surface area contributed by atoms with E-state index in [0.29, 0.717) is 18.5 Å². The monoisotopic (exact) mass is 346 g/mol. The Balaban J connectivity index is 1.63. The van der Waals surface area contributed by atoms with Gasteiger partial charge < -0.3 is 10.6 Å². The van der Waals surface area contributed by atoms with Crippen molar-refractivity contribution in [2.45, 2.75) is 26.2 Å². The Bertz CT molecular complexity index is 912. The van der Waals surface area contributed by atoms with E-state index in [0.717, 1.165) is 28.4 Å². The molecular weight excluding hydrogens is 324 g/mol. The molecule has 0 saturated heterocycles. The van der Waals surface area contributed by atoms with Crippen LogP contribution >= 0.6 is 0 Å². The Morgan fingerprint density at radius 2 is 1.38 bits per heavy atom. The van der Waals surface area contributed by atoms with Crippen LogP contribution in [0.1, 0.15) is 25.3 Å². The van der Waals surface area contributed by atoms with E-state index < -0.39 is 0 Å². The number of benzene rings is 3. The number of hydrogen-bond acceptors (Lipinski definition) is 2. The molecule has 0 aliphatic carbocycles. The van der Waals surface area contributed by atoms with Gasteiger partial charge in [0.25, 0.3) is 0 Å². The molecule has 0 bridgehead atoms. The van der Waals surface area contributed by atoms with Crippen molar-refractivity contribution < 1.29 is 9.59 Å². The standard InChI is InChI=1S/C22H22N2O2/c1-2-6-21(25)23-18-11-13-19(14-12-18)24-22(26)15-17-9-5-8-16-7-3-4-10-20(16)17/h3-5,7-14H,2,6,15H2,1H3,(H,23,25)(H,24,26). The molecule has 0 spiro atoms. The second-order valence-electron chi connectivity index (χ2n) is 6.24. The summed E-state index contributed by atoms with van der Waals surface area (Å²) in [6.45, 7) is 1.97. The number of carbonyl (C=O) groups excluding carboxylic acids is 2. The van der Waals surface area contributed by atoms with Gasteiger partial charge in [0.05, 0.1) is 6.42 Å². The predicted octanol–water partition coefficient (Wildman–Crippen LogP) is 4.76. The fourth-order valence-electron chi connectivity index (χ4n) is 2.91. The highest BCUT2D eigenvalue weighted by molar-refractivity contribution is 5.96. The lowest BCUT2D eigenvalue weighted by molar-refractivity contribution is -0.116. The second kappa shape index (κ2) is 8.30. The SMILES string of the molecule is CCCC(=O)Nc1ccc(NC(=O)Cc2cccc3ccccc23)cc1. The molecule has 3 aromatic carbocycles. The minimum atomic E-state index is -0.0656. The van der Waals surface area contributed by atoms with Crippen molar-refractivity contribution in [2.24, 2.45) is 0 Å². The summed E-state index contributed by atoms with van der Waals surface area (Å²) < 4.78 is 0. The van der Waals surface area contributed by atoms with Crippen molar-refractivity contribution in [1.29, 1.82) is 0 Å².